The lowest BCUT2D eigenvalue weighted by molar-refractivity contribution is 0.534. The highest BCUT2D eigenvalue weighted by Crippen LogP contribution is 2.17. The molecule has 1 aromatic heterocycles. The van der Waals surface area contributed by atoms with Crippen LogP contribution in [0.25, 0.3) is 10.9 Å². The van der Waals surface area contributed by atoms with E-state index in [0.29, 0.717) is 0 Å². The van der Waals surface area contributed by atoms with E-state index in [1.807, 2.05) is 17.8 Å². The van der Waals surface area contributed by atoms with Crippen LogP contribution in [-0.2, 0) is 13.5 Å². The first kappa shape index (κ1) is 15.1. The molecule has 0 spiro atoms. The van der Waals surface area contributed by atoms with Gasteiger partial charge in [-0.25, -0.2) is 0 Å². The average Bonchev–Trinajstić information content (AvgIpc) is 2.96. The molecular weight excluding hydrogens is 365 g/mol. The first-order chi connectivity index (χ1) is 9.25. The van der Waals surface area contributed by atoms with Gasteiger partial charge in [-0.1, -0.05) is 18.2 Å². The number of nitrogens with zero attached hydrogens (tertiary/aromatic N) is 4. The van der Waals surface area contributed by atoms with Crippen molar-refractivity contribution in [3.8, 4) is 0 Å². The Morgan fingerprint density at radius 1 is 1.25 bits per heavy atom. The summed E-state index contributed by atoms with van der Waals surface area (Å²) in [5.41, 5.74) is 2.33. The molecule has 1 aliphatic rings. The first-order valence-electron chi connectivity index (χ1n) is 6.66. The third-order valence-electron chi connectivity index (χ3n) is 3.54. The largest absolute Gasteiger partial charge is 0.356 e. The summed E-state index contributed by atoms with van der Waals surface area (Å²) in [6.45, 7) is 2.77. The van der Waals surface area contributed by atoms with Crippen molar-refractivity contribution in [3.63, 3.8) is 0 Å². The number of benzene rings is 1. The molecule has 0 bridgehead atoms. The Labute approximate surface area is 136 Å². The van der Waals surface area contributed by atoms with E-state index in [4.69, 9.17) is 0 Å². The van der Waals surface area contributed by atoms with Gasteiger partial charge in [-0.05, 0) is 6.07 Å². The van der Waals surface area contributed by atoms with Crippen molar-refractivity contribution in [2.45, 2.75) is 6.42 Å². The lowest BCUT2D eigenvalue weighted by Crippen LogP contribution is -2.36. The van der Waals surface area contributed by atoms with Gasteiger partial charge in [0.05, 0.1) is 17.8 Å². The summed E-state index contributed by atoms with van der Waals surface area (Å²) in [5.74, 6) is 1.00. The van der Waals surface area contributed by atoms with Crippen molar-refractivity contribution < 1.29 is 0 Å². The minimum Gasteiger partial charge on any atom is -0.356 e. The fourth-order valence-corrected chi connectivity index (χ4v) is 2.49. The molecule has 5 nitrogen and oxygen atoms in total. The molecule has 2 aromatic rings. The second-order valence-electron chi connectivity index (χ2n) is 4.89. The molecule has 6 heteroatoms. The van der Waals surface area contributed by atoms with Crippen LogP contribution in [0.4, 0.5) is 0 Å². The number of guanidine groups is 1. The normalized spacial score (nSPS) is 14.3. The van der Waals surface area contributed by atoms with Gasteiger partial charge >= 0.3 is 0 Å². The van der Waals surface area contributed by atoms with Crippen LogP contribution in [-0.4, -0.2) is 47.3 Å². The zero-order valence-electron chi connectivity index (χ0n) is 11.8. The quantitative estimate of drug-likeness (QED) is 0.817. The highest BCUT2D eigenvalue weighted by atomic mass is 127. The van der Waals surface area contributed by atoms with E-state index in [1.54, 1.807) is 0 Å². The second kappa shape index (κ2) is 6.43. The summed E-state index contributed by atoms with van der Waals surface area (Å²) >= 11 is 0. The van der Waals surface area contributed by atoms with E-state index in [1.165, 1.54) is 10.9 Å². The van der Waals surface area contributed by atoms with Crippen molar-refractivity contribution in [1.82, 2.24) is 20.0 Å². The number of likely N-dealkylation sites (N-methyl/N-ethyl adjacent to an activating group) is 1. The minimum absolute atomic E-state index is 0. The Morgan fingerprint density at radius 3 is 2.80 bits per heavy atom. The minimum atomic E-state index is 0. The van der Waals surface area contributed by atoms with Crippen molar-refractivity contribution in [1.29, 1.82) is 0 Å². The Hall–Kier alpha value is -1.31. The monoisotopic (exact) mass is 385 g/mol. The molecule has 1 aliphatic heterocycles. The third-order valence-corrected chi connectivity index (χ3v) is 3.54. The van der Waals surface area contributed by atoms with Gasteiger partial charge in [0.25, 0.3) is 0 Å². The standard InChI is InChI=1S/C14H19N5.HI/c1-18-10-9-16-14(18)15-8-7-12-11-5-3-4-6-13(11)19(2)17-12;/h3-6H,7-10H2,1-2H3,(H,15,16);1H. The summed E-state index contributed by atoms with van der Waals surface area (Å²) in [5, 5.41) is 9.22. The predicted molar refractivity (Wildman–Crippen MR) is 92.8 cm³/mol. The molecule has 1 aromatic carbocycles. The molecule has 0 aliphatic carbocycles. The number of nitrogens with one attached hydrogen (secondary N) is 1. The SMILES string of the molecule is CN1CCN=C1NCCc1nn(C)c2ccccc12.I. The van der Waals surface area contributed by atoms with Gasteiger partial charge in [0.2, 0.25) is 0 Å². The van der Waals surface area contributed by atoms with E-state index in [0.717, 1.165) is 37.7 Å². The van der Waals surface area contributed by atoms with Crippen LogP contribution in [0.5, 0.6) is 0 Å². The second-order valence-corrected chi connectivity index (χ2v) is 4.89. The molecule has 0 unspecified atom stereocenters. The molecule has 0 atom stereocenters. The molecule has 0 fully saturated rings. The van der Waals surface area contributed by atoms with Crippen molar-refractivity contribution in [2.24, 2.45) is 12.0 Å². The average molecular weight is 385 g/mol. The van der Waals surface area contributed by atoms with E-state index in [9.17, 15) is 0 Å². The van der Waals surface area contributed by atoms with Gasteiger partial charge in [0.1, 0.15) is 0 Å². The maximum Gasteiger partial charge on any atom is 0.193 e. The smallest absolute Gasteiger partial charge is 0.193 e. The Morgan fingerprint density at radius 2 is 2.05 bits per heavy atom. The number of rotatable bonds is 3. The first-order valence-corrected chi connectivity index (χ1v) is 6.66. The van der Waals surface area contributed by atoms with Gasteiger partial charge in [0.15, 0.2) is 5.96 Å². The summed E-state index contributed by atoms with van der Waals surface area (Å²) in [7, 11) is 4.06. The number of aliphatic imine (C=N–C) groups is 1. The highest BCUT2D eigenvalue weighted by molar-refractivity contribution is 14.0. The number of aryl methyl sites for hydroxylation is 1. The Balaban J connectivity index is 0.00000147. The van der Waals surface area contributed by atoms with Crippen LogP contribution in [0.1, 0.15) is 5.69 Å². The van der Waals surface area contributed by atoms with Crippen LogP contribution in [0.15, 0.2) is 29.3 Å². The number of hydrogen-bond acceptors (Lipinski definition) is 4. The lowest BCUT2D eigenvalue weighted by Gasteiger charge is -2.14. The van der Waals surface area contributed by atoms with Gasteiger partial charge in [-0.15, -0.1) is 24.0 Å². The molecule has 2 heterocycles. The Bertz CT molecular complexity index is 619. The van der Waals surface area contributed by atoms with E-state index in [-0.39, 0.29) is 24.0 Å². The summed E-state index contributed by atoms with van der Waals surface area (Å²) in [4.78, 5) is 6.57. The number of para-hydroxylation sites is 1. The maximum absolute atomic E-state index is 4.60. The van der Waals surface area contributed by atoms with Crippen LogP contribution in [0.3, 0.4) is 0 Å². The van der Waals surface area contributed by atoms with Crippen LogP contribution < -0.4 is 5.32 Å². The van der Waals surface area contributed by atoms with Gasteiger partial charge < -0.3 is 10.2 Å². The maximum atomic E-state index is 4.60. The topological polar surface area (TPSA) is 45.4 Å². The number of aromatic nitrogens is 2. The van der Waals surface area contributed by atoms with E-state index in [2.05, 4.69) is 45.6 Å². The van der Waals surface area contributed by atoms with Crippen molar-refractivity contribution >= 4 is 40.8 Å². The zero-order valence-corrected chi connectivity index (χ0v) is 14.2. The molecular formula is C14H20IN5. The van der Waals surface area contributed by atoms with Crippen LogP contribution in [0, 0.1) is 0 Å². The van der Waals surface area contributed by atoms with E-state index < -0.39 is 0 Å². The number of hydrogen-bond donors (Lipinski definition) is 1. The zero-order chi connectivity index (χ0) is 13.2. The molecule has 3 rings (SSSR count). The molecule has 20 heavy (non-hydrogen) atoms. The van der Waals surface area contributed by atoms with Gasteiger partial charge in [-0.3, -0.25) is 9.67 Å². The number of halogens is 1. The van der Waals surface area contributed by atoms with Gasteiger partial charge in [0, 0.05) is 39.0 Å². The molecule has 0 radical (unpaired) electrons. The van der Waals surface area contributed by atoms with Crippen molar-refractivity contribution in [3.05, 3.63) is 30.0 Å². The van der Waals surface area contributed by atoms with E-state index >= 15 is 0 Å². The van der Waals surface area contributed by atoms with Crippen molar-refractivity contribution in [2.75, 3.05) is 26.7 Å². The predicted octanol–water partition coefficient (Wildman–Crippen LogP) is 1.62. The fraction of sp³-hybridized carbons (Fsp3) is 0.429. The Kier molecular flexibility index (Phi) is 4.85. The molecule has 0 saturated carbocycles. The molecule has 108 valence electrons. The summed E-state index contributed by atoms with van der Waals surface area (Å²) in [6.07, 6.45) is 0.911. The number of fused-ring (bicyclic) bond motifs is 1. The molecule has 1 N–H and O–H groups in total. The fourth-order valence-electron chi connectivity index (χ4n) is 2.49. The molecule has 0 amide bonds. The summed E-state index contributed by atoms with van der Waals surface area (Å²) < 4.78 is 1.95. The van der Waals surface area contributed by atoms with Crippen LogP contribution >= 0.6 is 24.0 Å². The highest BCUT2D eigenvalue weighted by Gasteiger charge is 2.12. The molecule has 0 saturated heterocycles. The third kappa shape index (κ3) is 2.89. The lowest BCUT2D eigenvalue weighted by atomic mass is 10.2. The van der Waals surface area contributed by atoms with Gasteiger partial charge in [-0.2, -0.15) is 5.10 Å². The van der Waals surface area contributed by atoms with Crippen LogP contribution in [0.2, 0.25) is 0 Å². The summed E-state index contributed by atoms with van der Waals surface area (Å²) in [6, 6.07) is 8.36.